The van der Waals surface area contributed by atoms with Crippen molar-refractivity contribution in [1.82, 2.24) is 0 Å². The number of hydrogen-bond donors (Lipinski definition) is 1. The molecule has 1 atom stereocenters. The van der Waals surface area contributed by atoms with Crippen molar-refractivity contribution >= 4 is 16.1 Å². The van der Waals surface area contributed by atoms with Crippen LogP contribution in [0.15, 0.2) is 0 Å². The van der Waals surface area contributed by atoms with Gasteiger partial charge in [-0.2, -0.15) is 0 Å². The molecule has 0 bridgehead atoms. The van der Waals surface area contributed by atoms with E-state index in [2.05, 4.69) is 0 Å². The first-order valence-electron chi connectivity index (χ1n) is 3.63. The van der Waals surface area contributed by atoms with Crippen LogP contribution in [-0.2, 0) is 14.6 Å². The maximum Gasteiger partial charge on any atom is 0.151 e. The molecule has 72 valence electrons. The van der Waals surface area contributed by atoms with Gasteiger partial charge in [0.25, 0.3) is 0 Å². The summed E-state index contributed by atoms with van der Waals surface area (Å²) in [5.74, 6) is 0.0109. The first-order valence-corrected chi connectivity index (χ1v) is 5.69. The molecule has 0 spiro atoms. The number of rotatable bonds is 5. The first kappa shape index (κ1) is 11.6. The highest BCUT2D eigenvalue weighted by atomic mass is 32.2. The van der Waals surface area contributed by atoms with E-state index in [1.165, 1.54) is 6.92 Å². The molecular formula is C7H14O4S. The Kier molecular flexibility index (Phi) is 3.86. The average Bonchev–Trinajstić information content (AvgIpc) is 1.84. The van der Waals surface area contributed by atoms with Gasteiger partial charge in [-0.05, 0) is 19.8 Å². The minimum Gasteiger partial charge on any atom is -0.383 e. The molecule has 4 nitrogen and oxygen atoms in total. The van der Waals surface area contributed by atoms with Gasteiger partial charge in [-0.1, -0.05) is 0 Å². The van der Waals surface area contributed by atoms with Gasteiger partial charge in [0, 0.05) is 12.0 Å². The van der Waals surface area contributed by atoms with Gasteiger partial charge in [0.1, 0.15) is 15.4 Å². The normalized spacial score (nSPS) is 16.9. The quantitative estimate of drug-likeness (QED) is 0.613. The maximum atomic E-state index is 10.6. The molecule has 0 aliphatic rings. The molecule has 0 aromatic carbocycles. The van der Waals surface area contributed by atoms with Crippen LogP contribution in [0.5, 0.6) is 0 Å². The molecule has 0 fully saturated rings. The van der Waals surface area contributed by atoms with Crippen LogP contribution in [0.4, 0.5) is 0 Å². The van der Waals surface area contributed by atoms with Gasteiger partial charge < -0.3 is 9.90 Å². The molecule has 0 amide bonds. The van der Waals surface area contributed by atoms with E-state index in [0.29, 0.717) is 12.7 Å². The summed E-state index contributed by atoms with van der Waals surface area (Å²) in [5.41, 5.74) is -1.38. The smallest absolute Gasteiger partial charge is 0.151 e. The summed E-state index contributed by atoms with van der Waals surface area (Å²) >= 11 is 0. The lowest BCUT2D eigenvalue weighted by molar-refractivity contribution is -0.122. The van der Waals surface area contributed by atoms with Crippen LogP contribution in [-0.4, -0.2) is 37.4 Å². The Balaban J connectivity index is 3.79. The highest BCUT2D eigenvalue weighted by Crippen LogP contribution is 2.09. The number of aldehydes is 1. The second-order valence-electron chi connectivity index (χ2n) is 3.21. The fraction of sp³-hybridized carbons (Fsp3) is 0.857. The largest absolute Gasteiger partial charge is 0.383 e. The number of carbonyl (C=O) groups is 1. The molecule has 0 aromatic heterocycles. The minimum atomic E-state index is -2.98. The Morgan fingerprint density at radius 2 is 2.00 bits per heavy atom. The van der Waals surface area contributed by atoms with E-state index in [9.17, 15) is 13.2 Å². The van der Waals surface area contributed by atoms with Crippen LogP contribution in [0.1, 0.15) is 19.8 Å². The molecule has 0 radical (unpaired) electrons. The monoisotopic (exact) mass is 194 g/mol. The van der Waals surface area contributed by atoms with Crippen LogP contribution in [0.25, 0.3) is 0 Å². The van der Waals surface area contributed by atoms with Crippen molar-refractivity contribution in [3.8, 4) is 0 Å². The van der Waals surface area contributed by atoms with E-state index >= 15 is 0 Å². The zero-order valence-corrected chi connectivity index (χ0v) is 8.10. The molecule has 0 heterocycles. The summed E-state index contributed by atoms with van der Waals surface area (Å²) in [4.78, 5) is 10.2. The molecule has 5 heteroatoms. The standard InChI is InChI=1S/C7H14O4S/c1-7(9,6-8)4-3-5-12(2,10)11/h6,9H,3-5H2,1-2H3. The predicted octanol–water partition coefficient (Wildman–Crippen LogP) is -0.239. The van der Waals surface area contributed by atoms with Crippen molar-refractivity contribution in [2.75, 3.05) is 12.0 Å². The van der Waals surface area contributed by atoms with E-state index in [4.69, 9.17) is 5.11 Å². The molecule has 1 unspecified atom stereocenters. The van der Waals surface area contributed by atoms with Gasteiger partial charge in [-0.25, -0.2) is 8.42 Å². The lowest BCUT2D eigenvalue weighted by Gasteiger charge is -2.14. The fourth-order valence-electron chi connectivity index (χ4n) is 0.751. The number of aliphatic hydroxyl groups is 1. The van der Waals surface area contributed by atoms with Gasteiger partial charge in [-0.3, -0.25) is 0 Å². The van der Waals surface area contributed by atoms with Gasteiger partial charge in [-0.15, -0.1) is 0 Å². The number of sulfone groups is 1. The molecule has 0 saturated heterocycles. The maximum absolute atomic E-state index is 10.6. The fourth-order valence-corrected chi connectivity index (χ4v) is 1.42. The van der Waals surface area contributed by atoms with Crippen LogP contribution >= 0.6 is 0 Å². The Hall–Kier alpha value is -0.420. The van der Waals surface area contributed by atoms with E-state index in [-0.39, 0.29) is 12.2 Å². The van der Waals surface area contributed by atoms with Crippen molar-refractivity contribution in [1.29, 1.82) is 0 Å². The van der Waals surface area contributed by atoms with Crippen molar-refractivity contribution in [2.24, 2.45) is 0 Å². The SMILES string of the molecule is CC(O)(C=O)CCCS(C)(=O)=O. The average molecular weight is 194 g/mol. The van der Waals surface area contributed by atoms with Gasteiger partial charge in [0.05, 0.1) is 0 Å². The van der Waals surface area contributed by atoms with Crippen molar-refractivity contribution in [3.05, 3.63) is 0 Å². The first-order chi connectivity index (χ1) is 5.27. The summed E-state index contributed by atoms with van der Waals surface area (Å²) in [6, 6.07) is 0. The van der Waals surface area contributed by atoms with Crippen LogP contribution in [0.3, 0.4) is 0 Å². The molecule has 0 aromatic rings. The van der Waals surface area contributed by atoms with Crippen molar-refractivity contribution in [2.45, 2.75) is 25.4 Å². The zero-order valence-electron chi connectivity index (χ0n) is 7.28. The molecule has 0 saturated carbocycles. The Labute approximate surface area is 72.5 Å². The van der Waals surface area contributed by atoms with E-state index < -0.39 is 15.4 Å². The Morgan fingerprint density at radius 3 is 2.33 bits per heavy atom. The Bertz CT molecular complexity index is 240. The highest BCUT2D eigenvalue weighted by Gasteiger charge is 2.18. The van der Waals surface area contributed by atoms with E-state index in [1.807, 2.05) is 0 Å². The molecule has 0 rings (SSSR count). The second-order valence-corrected chi connectivity index (χ2v) is 5.47. The lowest BCUT2D eigenvalue weighted by atomic mass is 10.0. The van der Waals surface area contributed by atoms with Crippen LogP contribution < -0.4 is 0 Å². The molecule has 0 aliphatic carbocycles. The number of carbonyl (C=O) groups excluding carboxylic acids is 1. The second kappa shape index (κ2) is 4.00. The summed E-state index contributed by atoms with van der Waals surface area (Å²) in [6.07, 6.45) is 2.05. The van der Waals surface area contributed by atoms with Crippen LogP contribution in [0.2, 0.25) is 0 Å². The van der Waals surface area contributed by atoms with E-state index in [0.717, 1.165) is 6.26 Å². The predicted molar refractivity (Wildman–Crippen MR) is 45.6 cm³/mol. The highest BCUT2D eigenvalue weighted by molar-refractivity contribution is 7.90. The van der Waals surface area contributed by atoms with Gasteiger partial charge >= 0.3 is 0 Å². The molecular weight excluding hydrogens is 180 g/mol. The summed E-state index contributed by atoms with van der Waals surface area (Å²) in [5, 5.41) is 9.16. The molecule has 12 heavy (non-hydrogen) atoms. The van der Waals surface area contributed by atoms with Gasteiger partial charge in [0.2, 0.25) is 0 Å². The molecule has 1 N–H and O–H groups in total. The van der Waals surface area contributed by atoms with Gasteiger partial charge in [0.15, 0.2) is 6.29 Å². The molecule has 0 aliphatic heterocycles. The van der Waals surface area contributed by atoms with E-state index in [1.54, 1.807) is 0 Å². The minimum absolute atomic E-state index is 0.0109. The Morgan fingerprint density at radius 1 is 1.50 bits per heavy atom. The zero-order chi connectivity index (χ0) is 9.83. The van der Waals surface area contributed by atoms with Crippen molar-refractivity contribution < 1.29 is 18.3 Å². The summed E-state index contributed by atoms with van der Waals surface area (Å²) in [7, 11) is -2.98. The topological polar surface area (TPSA) is 71.4 Å². The number of hydrogen-bond acceptors (Lipinski definition) is 4. The lowest BCUT2D eigenvalue weighted by Crippen LogP contribution is -2.26. The van der Waals surface area contributed by atoms with Crippen LogP contribution in [0, 0.1) is 0 Å². The summed E-state index contributed by atoms with van der Waals surface area (Å²) < 4.78 is 21.3. The summed E-state index contributed by atoms with van der Waals surface area (Å²) in [6.45, 7) is 1.36. The third kappa shape index (κ3) is 6.30. The van der Waals surface area contributed by atoms with Crippen molar-refractivity contribution in [3.63, 3.8) is 0 Å². The third-order valence-electron chi connectivity index (χ3n) is 1.45. The third-order valence-corrected chi connectivity index (χ3v) is 2.48.